The lowest BCUT2D eigenvalue weighted by molar-refractivity contribution is -0.142. The van der Waals surface area contributed by atoms with Crippen molar-refractivity contribution in [3.8, 4) is 0 Å². The van der Waals surface area contributed by atoms with Gasteiger partial charge in [0.25, 0.3) is 0 Å². The van der Waals surface area contributed by atoms with Crippen LogP contribution >= 0.6 is 0 Å². The molecule has 0 radical (unpaired) electrons. The number of amides is 1. The summed E-state index contributed by atoms with van der Waals surface area (Å²) in [5.74, 6) is -1.06. The molecule has 2 aromatic rings. The second-order valence-electron chi connectivity index (χ2n) is 9.59. The lowest BCUT2D eigenvalue weighted by atomic mass is 10.0. The normalized spacial score (nSPS) is 11.3. The summed E-state index contributed by atoms with van der Waals surface area (Å²) in [6.07, 6.45) is 17.3. The molecule has 202 valence electrons. The van der Waals surface area contributed by atoms with Gasteiger partial charge in [-0.3, -0.25) is 4.79 Å². The van der Waals surface area contributed by atoms with E-state index < -0.39 is 12.6 Å². The van der Waals surface area contributed by atoms with Crippen LogP contribution < -0.4 is 5.32 Å². The molecular formula is C31H44N2O4. The topological polar surface area (TPSA) is 88.0 Å². The predicted octanol–water partition coefficient (Wildman–Crippen LogP) is 7.96. The molecule has 0 aliphatic carbocycles. The Balaban J connectivity index is 1.66. The van der Waals surface area contributed by atoms with E-state index in [9.17, 15) is 9.59 Å². The fraction of sp³-hybridized carbons (Fsp3) is 0.516. The Labute approximate surface area is 222 Å². The van der Waals surface area contributed by atoms with Gasteiger partial charge in [0.2, 0.25) is 12.5 Å². The van der Waals surface area contributed by atoms with Crippen molar-refractivity contribution in [2.75, 3.05) is 11.9 Å². The maximum Gasteiger partial charge on any atom is 0.344 e. The van der Waals surface area contributed by atoms with Crippen LogP contribution in [-0.4, -0.2) is 29.3 Å². The first-order valence-electron chi connectivity index (χ1n) is 14.0. The second-order valence-corrected chi connectivity index (χ2v) is 9.59. The molecule has 0 aliphatic rings. The highest BCUT2D eigenvalue weighted by molar-refractivity contribution is 6.12. The third kappa shape index (κ3) is 13.7. The zero-order valence-corrected chi connectivity index (χ0v) is 22.4. The molecule has 6 nitrogen and oxygen atoms in total. The molecule has 2 aromatic carbocycles. The van der Waals surface area contributed by atoms with E-state index in [1.165, 1.54) is 70.6 Å². The zero-order chi connectivity index (χ0) is 26.6. The number of nitrogens with one attached hydrogen (secondary N) is 1. The molecule has 1 amide bonds. The number of hydrogen-bond donors (Lipinski definition) is 2. The van der Waals surface area contributed by atoms with Gasteiger partial charge in [0.05, 0.1) is 0 Å². The van der Waals surface area contributed by atoms with Crippen LogP contribution in [0.25, 0.3) is 0 Å². The molecular weight excluding hydrogens is 464 g/mol. The molecule has 0 saturated heterocycles. The Morgan fingerprint density at radius 1 is 0.730 bits per heavy atom. The standard InChI is InChI=1S/C31H44N2O4/c1-2-3-4-5-6-7-8-9-10-11-12-13-17-20-29(34)32-28-23-21-27(22-24-28)31(33-37-25-30(35)36)26-18-15-14-16-19-26/h14-16,18-19,21-24H,2-13,17,20,25H2,1H3,(H,32,34)(H,35,36). The minimum atomic E-state index is -1.09. The Morgan fingerprint density at radius 2 is 1.24 bits per heavy atom. The Hall–Kier alpha value is -3.15. The monoisotopic (exact) mass is 508 g/mol. The van der Waals surface area contributed by atoms with Crippen molar-refractivity contribution in [1.29, 1.82) is 0 Å². The molecule has 2 N–H and O–H groups in total. The van der Waals surface area contributed by atoms with Gasteiger partial charge in [0.15, 0.2) is 0 Å². The molecule has 0 unspecified atom stereocenters. The molecule has 6 heteroatoms. The van der Waals surface area contributed by atoms with Gasteiger partial charge in [-0.1, -0.05) is 132 Å². The van der Waals surface area contributed by atoms with E-state index >= 15 is 0 Å². The van der Waals surface area contributed by atoms with Gasteiger partial charge in [-0.05, 0) is 18.6 Å². The van der Waals surface area contributed by atoms with Crippen LogP contribution in [0, 0.1) is 0 Å². The number of carboxylic acids is 1. The van der Waals surface area contributed by atoms with E-state index in [0.717, 1.165) is 29.7 Å². The second kappa shape index (κ2) is 19.0. The van der Waals surface area contributed by atoms with E-state index in [1.807, 2.05) is 54.6 Å². The van der Waals surface area contributed by atoms with Gasteiger partial charge < -0.3 is 15.3 Å². The van der Waals surface area contributed by atoms with Gasteiger partial charge in [0.1, 0.15) is 5.71 Å². The highest BCUT2D eigenvalue weighted by Gasteiger charge is 2.10. The van der Waals surface area contributed by atoms with Crippen LogP contribution in [0.4, 0.5) is 5.69 Å². The fourth-order valence-electron chi connectivity index (χ4n) is 4.26. The maximum atomic E-state index is 12.3. The average Bonchev–Trinajstić information content (AvgIpc) is 2.90. The van der Waals surface area contributed by atoms with Crippen LogP contribution in [0.1, 0.15) is 108 Å². The van der Waals surface area contributed by atoms with Crippen molar-refractivity contribution >= 4 is 23.3 Å². The Morgan fingerprint density at radius 3 is 1.78 bits per heavy atom. The van der Waals surface area contributed by atoms with Gasteiger partial charge in [-0.15, -0.1) is 0 Å². The quantitative estimate of drug-likeness (QED) is 0.108. The van der Waals surface area contributed by atoms with Crippen molar-refractivity contribution in [2.24, 2.45) is 5.16 Å². The number of carbonyl (C=O) groups excluding carboxylic acids is 1. The molecule has 0 aromatic heterocycles. The summed E-state index contributed by atoms with van der Waals surface area (Å²) in [7, 11) is 0. The lowest BCUT2D eigenvalue weighted by Gasteiger charge is -2.09. The van der Waals surface area contributed by atoms with Gasteiger partial charge in [-0.25, -0.2) is 4.79 Å². The molecule has 0 saturated carbocycles. The number of carboxylic acid groups (broad SMARTS) is 1. The number of rotatable bonds is 20. The van der Waals surface area contributed by atoms with Crippen LogP contribution in [0.2, 0.25) is 0 Å². The number of hydrogen-bond acceptors (Lipinski definition) is 4. The van der Waals surface area contributed by atoms with E-state index in [0.29, 0.717) is 12.1 Å². The Kier molecular flexibility index (Phi) is 15.5. The molecule has 0 spiro atoms. The van der Waals surface area contributed by atoms with Crippen LogP contribution in [-0.2, 0) is 14.4 Å². The van der Waals surface area contributed by atoms with Crippen molar-refractivity contribution in [2.45, 2.75) is 96.8 Å². The van der Waals surface area contributed by atoms with Crippen molar-refractivity contribution in [3.63, 3.8) is 0 Å². The molecule has 0 aliphatic heterocycles. The Bertz CT molecular complexity index is 926. The highest BCUT2D eigenvalue weighted by Crippen LogP contribution is 2.17. The number of nitrogens with zero attached hydrogens (tertiary/aromatic N) is 1. The summed E-state index contributed by atoms with van der Waals surface area (Å²) in [5.41, 5.74) is 2.84. The predicted molar refractivity (Wildman–Crippen MR) is 151 cm³/mol. The number of oxime groups is 1. The van der Waals surface area contributed by atoms with E-state index in [-0.39, 0.29) is 5.91 Å². The van der Waals surface area contributed by atoms with Gasteiger partial charge in [-0.2, -0.15) is 0 Å². The molecule has 0 atom stereocenters. The zero-order valence-electron chi connectivity index (χ0n) is 22.4. The number of anilines is 1. The molecule has 0 fully saturated rings. The molecule has 2 rings (SSSR count). The third-order valence-corrected chi connectivity index (χ3v) is 6.34. The first kappa shape index (κ1) is 30.1. The van der Waals surface area contributed by atoms with Gasteiger partial charge in [0, 0.05) is 23.2 Å². The summed E-state index contributed by atoms with van der Waals surface area (Å²) in [4.78, 5) is 28.1. The minimum Gasteiger partial charge on any atom is -0.479 e. The number of benzene rings is 2. The maximum absolute atomic E-state index is 12.3. The molecule has 0 bridgehead atoms. The van der Waals surface area contributed by atoms with Crippen molar-refractivity contribution in [1.82, 2.24) is 0 Å². The average molecular weight is 509 g/mol. The first-order valence-corrected chi connectivity index (χ1v) is 14.0. The van der Waals surface area contributed by atoms with Crippen LogP contribution in [0.15, 0.2) is 59.8 Å². The highest BCUT2D eigenvalue weighted by atomic mass is 16.6. The number of unbranched alkanes of at least 4 members (excludes halogenated alkanes) is 12. The smallest absolute Gasteiger partial charge is 0.344 e. The van der Waals surface area contributed by atoms with Crippen molar-refractivity contribution in [3.05, 3.63) is 65.7 Å². The summed E-state index contributed by atoms with van der Waals surface area (Å²) in [6, 6.07) is 16.8. The first-order chi connectivity index (χ1) is 18.1. The van der Waals surface area contributed by atoms with Crippen molar-refractivity contribution < 1.29 is 19.5 Å². The van der Waals surface area contributed by atoms with E-state index in [4.69, 9.17) is 9.94 Å². The molecule has 0 heterocycles. The SMILES string of the molecule is CCCCCCCCCCCCCCCC(=O)Nc1ccc(C(=NOCC(=O)O)c2ccccc2)cc1. The van der Waals surface area contributed by atoms with Gasteiger partial charge >= 0.3 is 5.97 Å². The largest absolute Gasteiger partial charge is 0.479 e. The lowest BCUT2D eigenvalue weighted by Crippen LogP contribution is -2.12. The summed E-state index contributed by atoms with van der Waals surface area (Å²) in [6.45, 7) is 1.75. The number of aliphatic carboxylic acids is 1. The van der Waals surface area contributed by atoms with E-state index in [1.54, 1.807) is 0 Å². The minimum absolute atomic E-state index is 0.0255. The molecule has 37 heavy (non-hydrogen) atoms. The van der Waals surface area contributed by atoms with Crippen LogP contribution in [0.5, 0.6) is 0 Å². The van der Waals surface area contributed by atoms with E-state index in [2.05, 4.69) is 17.4 Å². The fourth-order valence-corrected chi connectivity index (χ4v) is 4.26. The summed E-state index contributed by atoms with van der Waals surface area (Å²) in [5, 5.41) is 15.8. The summed E-state index contributed by atoms with van der Waals surface area (Å²) < 4.78 is 0. The summed E-state index contributed by atoms with van der Waals surface area (Å²) >= 11 is 0. The van der Waals surface area contributed by atoms with Crippen LogP contribution in [0.3, 0.4) is 0 Å². The third-order valence-electron chi connectivity index (χ3n) is 6.34. The number of carbonyl (C=O) groups is 2.